The summed E-state index contributed by atoms with van der Waals surface area (Å²) in [4.78, 5) is 31.0. The van der Waals surface area contributed by atoms with Gasteiger partial charge >= 0.3 is 0 Å². The first-order valence-corrected chi connectivity index (χ1v) is 9.22. The smallest absolute Gasteiger partial charge is 0.263 e. The van der Waals surface area contributed by atoms with Crippen molar-refractivity contribution < 1.29 is 18.5 Å². The van der Waals surface area contributed by atoms with Gasteiger partial charge in [-0.2, -0.15) is 10.1 Å². The molecular weight excluding hydrogens is 391 g/mol. The Morgan fingerprint density at radius 1 is 1.07 bits per heavy atom. The van der Waals surface area contributed by atoms with Crippen LogP contribution in [0, 0.1) is 12.7 Å². The highest BCUT2D eigenvalue weighted by molar-refractivity contribution is 6.25. The highest BCUT2D eigenvalue weighted by Gasteiger charge is 2.55. The number of rotatable bonds is 4. The van der Waals surface area contributed by atoms with Gasteiger partial charge in [-0.25, -0.2) is 9.29 Å². The number of amides is 2. The number of imide groups is 1. The zero-order valence-electron chi connectivity index (χ0n) is 15.8. The molecule has 2 aliphatic rings. The minimum Gasteiger partial charge on any atom is -0.337 e. The molecule has 0 aliphatic carbocycles. The number of aryl methyl sites for hydroxylation is 1. The maximum absolute atomic E-state index is 13.2. The van der Waals surface area contributed by atoms with Crippen molar-refractivity contribution in [2.75, 3.05) is 4.90 Å². The van der Waals surface area contributed by atoms with Crippen molar-refractivity contribution in [3.63, 3.8) is 0 Å². The fourth-order valence-electron chi connectivity index (χ4n) is 3.59. The van der Waals surface area contributed by atoms with Crippen molar-refractivity contribution >= 4 is 17.5 Å². The lowest BCUT2D eigenvalue weighted by Crippen LogP contribution is -2.39. The number of halogens is 1. The molecule has 0 bridgehead atoms. The van der Waals surface area contributed by atoms with Gasteiger partial charge in [-0.15, -0.1) is 0 Å². The first kappa shape index (κ1) is 18.1. The SMILES string of the molecule is Cc1ccccc1-c1noc(CN2N=N[C@H]3C(=O)N(c4ccc(F)cc4)C(=O)[C@@H]32)n1. The maximum atomic E-state index is 13.2. The van der Waals surface area contributed by atoms with Crippen LogP contribution < -0.4 is 4.90 Å². The minimum atomic E-state index is -0.957. The molecule has 2 aromatic carbocycles. The first-order valence-electron chi connectivity index (χ1n) is 9.22. The van der Waals surface area contributed by atoms with Crippen molar-refractivity contribution in [2.24, 2.45) is 10.3 Å². The van der Waals surface area contributed by atoms with E-state index in [1.807, 2.05) is 31.2 Å². The molecule has 3 heterocycles. The molecule has 9 nitrogen and oxygen atoms in total. The van der Waals surface area contributed by atoms with Crippen LogP contribution in [0.1, 0.15) is 11.5 Å². The van der Waals surface area contributed by atoms with Gasteiger partial charge in [0.1, 0.15) is 12.4 Å². The molecule has 1 saturated heterocycles. The molecule has 2 atom stereocenters. The van der Waals surface area contributed by atoms with Crippen molar-refractivity contribution in [3.8, 4) is 11.4 Å². The number of carbonyl (C=O) groups excluding carboxylic acids is 2. The lowest BCUT2D eigenvalue weighted by molar-refractivity contribution is -0.123. The summed E-state index contributed by atoms with van der Waals surface area (Å²) >= 11 is 0. The molecule has 0 saturated carbocycles. The van der Waals surface area contributed by atoms with E-state index in [0.717, 1.165) is 16.0 Å². The van der Waals surface area contributed by atoms with Gasteiger partial charge in [0.05, 0.1) is 5.69 Å². The number of nitrogens with zero attached hydrogens (tertiary/aromatic N) is 6. The average Bonchev–Trinajstić information content (AvgIpc) is 3.42. The molecule has 1 aromatic heterocycles. The van der Waals surface area contributed by atoms with Gasteiger partial charge in [0, 0.05) is 5.56 Å². The Bertz CT molecular complexity index is 1180. The van der Waals surface area contributed by atoms with Gasteiger partial charge < -0.3 is 4.52 Å². The molecule has 1 fully saturated rings. The summed E-state index contributed by atoms with van der Waals surface area (Å²) in [6.07, 6.45) is 0. The molecule has 0 unspecified atom stereocenters. The summed E-state index contributed by atoms with van der Waals surface area (Å²) in [5, 5.41) is 13.3. The van der Waals surface area contributed by atoms with Gasteiger partial charge in [-0.05, 0) is 36.8 Å². The van der Waals surface area contributed by atoms with E-state index in [0.29, 0.717) is 5.82 Å². The third-order valence-electron chi connectivity index (χ3n) is 5.09. The summed E-state index contributed by atoms with van der Waals surface area (Å²) in [7, 11) is 0. The van der Waals surface area contributed by atoms with Crippen LogP contribution >= 0.6 is 0 Å². The van der Waals surface area contributed by atoms with Gasteiger partial charge in [0.15, 0.2) is 12.1 Å². The molecule has 3 aromatic rings. The van der Waals surface area contributed by atoms with Crippen LogP contribution in [0.4, 0.5) is 10.1 Å². The van der Waals surface area contributed by atoms with Crippen LogP contribution in [0.5, 0.6) is 0 Å². The summed E-state index contributed by atoms with van der Waals surface area (Å²) < 4.78 is 18.5. The molecule has 0 radical (unpaired) electrons. The Hall–Kier alpha value is -3.95. The fraction of sp³-hybridized carbons (Fsp3) is 0.200. The molecule has 2 aliphatic heterocycles. The van der Waals surface area contributed by atoms with Crippen molar-refractivity contribution in [3.05, 3.63) is 65.8 Å². The molecule has 150 valence electrons. The minimum absolute atomic E-state index is 0.0276. The van der Waals surface area contributed by atoms with Crippen LogP contribution in [-0.2, 0) is 16.1 Å². The number of hydrogen-bond acceptors (Lipinski definition) is 8. The molecular formula is C20H15FN6O3. The van der Waals surface area contributed by atoms with E-state index >= 15 is 0 Å². The zero-order chi connectivity index (χ0) is 20.8. The lowest BCUT2D eigenvalue weighted by atomic mass is 10.1. The molecule has 0 N–H and O–H groups in total. The normalized spacial score (nSPS) is 20.3. The third kappa shape index (κ3) is 2.84. The second kappa shape index (κ2) is 6.83. The predicted molar refractivity (Wildman–Crippen MR) is 101 cm³/mol. The van der Waals surface area contributed by atoms with E-state index in [1.54, 1.807) is 0 Å². The average molecular weight is 406 g/mol. The number of benzene rings is 2. The summed E-state index contributed by atoms with van der Waals surface area (Å²) in [5.74, 6) is -0.777. The topological polar surface area (TPSA) is 104 Å². The van der Waals surface area contributed by atoms with Crippen molar-refractivity contribution in [1.29, 1.82) is 0 Å². The Morgan fingerprint density at radius 3 is 2.60 bits per heavy atom. The van der Waals surface area contributed by atoms with E-state index < -0.39 is 29.7 Å². The number of carbonyl (C=O) groups is 2. The Balaban J connectivity index is 1.37. The van der Waals surface area contributed by atoms with E-state index in [9.17, 15) is 14.0 Å². The standard InChI is InChI=1S/C20H15FN6O3/c1-11-4-2-3-5-14(11)18-22-15(30-24-18)10-26-17-16(23-25-26)19(28)27(20(17)29)13-8-6-12(21)7-9-13/h2-9,16-17H,10H2,1H3/t16-,17-/m1/s1. The van der Waals surface area contributed by atoms with Crippen molar-refractivity contribution in [2.45, 2.75) is 25.6 Å². The monoisotopic (exact) mass is 406 g/mol. The van der Waals surface area contributed by atoms with Crippen LogP contribution in [0.15, 0.2) is 63.4 Å². The Labute approximate surface area is 169 Å². The molecule has 2 amide bonds. The van der Waals surface area contributed by atoms with Crippen LogP contribution in [-0.4, -0.2) is 39.0 Å². The summed E-state index contributed by atoms with van der Waals surface area (Å²) in [5.41, 5.74) is 2.12. The molecule has 30 heavy (non-hydrogen) atoms. The zero-order valence-corrected chi connectivity index (χ0v) is 15.8. The summed E-state index contributed by atoms with van der Waals surface area (Å²) in [6, 6.07) is 10.9. The number of fused-ring (bicyclic) bond motifs is 1. The highest BCUT2D eigenvalue weighted by Crippen LogP contribution is 2.33. The van der Waals surface area contributed by atoms with Crippen LogP contribution in [0.3, 0.4) is 0 Å². The number of aromatic nitrogens is 2. The van der Waals surface area contributed by atoms with Crippen molar-refractivity contribution in [1.82, 2.24) is 15.1 Å². The lowest BCUT2D eigenvalue weighted by Gasteiger charge is -2.19. The maximum Gasteiger partial charge on any atom is 0.263 e. The molecule has 10 heteroatoms. The highest BCUT2D eigenvalue weighted by atomic mass is 19.1. The van der Waals surface area contributed by atoms with E-state index in [2.05, 4.69) is 20.5 Å². The quantitative estimate of drug-likeness (QED) is 0.617. The van der Waals surface area contributed by atoms with Gasteiger partial charge in [-0.3, -0.25) is 14.6 Å². The van der Waals surface area contributed by atoms with E-state index in [-0.39, 0.29) is 18.1 Å². The van der Waals surface area contributed by atoms with E-state index in [4.69, 9.17) is 4.52 Å². The number of anilines is 1. The van der Waals surface area contributed by atoms with E-state index in [1.165, 1.54) is 29.3 Å². The second-order valence-corrected chi connectivity index (χ2v) is 7.01. The number of hydrogen-bond donors (Lipinski definition) is 0. The van der Waals surface area contributed by atoms with Gasteiger partial charge in [0.25, 0.3) is 11.8 Å². The largest absolute Gasteiger partial charge is 0.337 e. The van der Waals surface area contributed by atoms with Crippen LogP contribution in [0.25, 0.3) is 11.4 Å². The fourth-order valence-corrected chi connectivity index (χ4v) is 3.59. The molecule has 0 spiro atoms. The molecule has 5 rings (SSSR count). The first-order chi connectivity index (χ1) is 14.5. The van der Waals surface area contributed by atoms with Crippen LogP contribution in [0.2, 0.25) is 0 Å². The third-order valence-corrected chi connectivity index (χ3v) is 5.09. The predicted octanol–water partition coefficient (Wildman–Crippen LogP) is 2.68. The Morgan fingerprint density at radius 2 is 1.83 bits per heavy atom. The van der Waals surface area contributed by atoms with Gasteiger partial charge in [0.2, 0.25) is 11.7 Å². The summed E-state index contributed by atoms with van der Waals surface area (Å²) in [6.45, 7) is 1.97. The Kier molecular flexibility index (Phi) is 4.12. The van der Waals surface area contributed by atoms with Gasteiger partial charge in [-0.1, -0.05) is 34.6 Å². The second-order valence-electron chi connectivity index (χ2n) is 7.01.